The van der Waals surface area contributed by atoms with Crippen LogP contribution < -0.4 is 0 Å². The van der Waals surface area contributed by atoms with E-state index in [1.807, 2.05) is 0 Å². The van der Waals surface area contributed by atoms with E-state index >= 15 is 0 Å². The van der Waals surface area contributed by atoms with Crippen molar-refractivity contribution in [3.05, 3.63) is 22.1 Å². The summed E-state index contributed by atoms with van der Waals surface area (Å²) in [6.45, 7) is 0.0252. The molecule has 0 saturated carbocycles. The summed E-state index contributed by atoms with van der Waals surface area (Å²) in [6, 6.07) is 1.41. The van der Waals surface area contributed by atoms with Crippen molar-refractivity contribution < 1.29 is 9.50 Å². The second kappa shape index (κ2) is 2.94. The Labute approximate surface area is 56.8 Å². The van der Waals surface area contributed by atoms with Gasteiger partial charge in [0.25, 0.3) is 0 Å². The van der Waals surface area contributed by atoms with E-state index in [-0.39, 0.29) is 12.4 Å². The molecular weight excluding hydrogens is 139 g/mol. The lowest BCUT2D eigenvalue weighted by atomic mass is 10.3. The minimum Gasteiger partial charge on any atom is -0.396 e. The van der Waals surface area contributed by atoms with E-state index in [1.165, 1.54) is 17.4 Å². The van der Waals surface area contributed by atoms with E-state index < -0.39 is 0 Å². The third kappa shape index (κ3) is 1.50. The topological polar surface area (TPSA) is 20.2 Å². The molecule has 9 heavy (non-hydrogen) atoms. The van der Waals surface area contributed by atoms with Gasteiger partial charge in [0, 0.05) is 17.9 Å². The van der Waals surface area contributed by atoms with Crippen LogP contribution in [0.5, 0.6) is 0 Å². The Hall–Kier alpha value is -0.410. The monoisotopic (exact) mass is 146 g/mol. The van der Waals surface area contributed by atoms with Gasteiger partial charge in [-0.15, -0.1) is 11.3 Å². The second-order valence-corrected chi connectivity index (χ2v) is 2.67. The molecule has 0 amide bonds. The molecule has 0 bridgehead atoms. The maximum atomic E-state index is 12.4. The van der Waals surface area contributed by atoms with Gasteiger partial charge in [0.1, 0.15) is 5.82 Å². The highest BCUT2D eigenvalue weighted by Gasteiger charge is 2.00. The summed E-state index contributed by atoms with van der Waals surface area (Å²) in [5, 5.41) is 10.1. The van der Waals surface area contributed by atoms with Gasteiger partial charge in [0.15, 0.2) is 0 Å². The number of halogens is 1. The fourth-order valence-corrected chi connectivity index (χ4v) is 1.35. The molecule has 0 saturated heterocycles. The van der Waals surface area contributed by atoms with E-state index in [0.29, 0.717) is 11.3 Å². The van der Waals surface area contributed by atoms with E-state index in [1.54, 1.807) is 5.38 Å². The molecule has 0 unspecified atom stereocenters. The summed E-state index contributed by atoms with van der Waals surface area (Å²) in [6.07, 6.45) is 0.434. The molecule has 0 atom stereocenters. The Morgan fingerprint density at radius 2 is 2.44 bits per heavy atom. The van der Waals surface area contributed by atoms with Crippen LogP contribution in [0.4, 0.5) is 4.39 Å². The smallest absolute Gasteiger partial charge is 0.137 e. The van der Waals surface area contributed by atoms with Gasteiger partial charge in [0.05, 0.1) is 0 Å². The summed E-state index contributed by atoms with van der Waals surface area (Å²) in [7, 11) is 0. The van der Waals surface area contributed by atoms with Crippen LogP contribution in [0, 0.1) is 5.82 Å². The standard InChI is InChI=1S/C6H7FOS/c7-5-2-4-9-6(5)1-3-8/h2,4,8H,1,3H2. The van der Waals surface area contributed by atoms with Crippen molar-refractivity contribution in [2.45, 2.75) is 6.42 Å². The van der Waals surface area contributed by atoms with Crippen LogP contribution in [0.15, 0.2) is 11.4 Å². The normalized spacial score (nSPS) is 10.0. The predicted molar refractivity (Wildman–Crippen MR) is 35.1 cm³/mol. The van der Waals surface area contributed by atoms with Crippen molar-refractivity contribution in [2.75, 3.05) is 6.61 Å². The minimum absolute atomic E-state index is 0.0252. The minimum atomic E-state index is -0.200. The summed E-state index contributed by atoms with van der Waals surface area (Å²) in [5.74, 6) is -0.200. The largest absolute Gasteiger partial charge is 0.396 e. The van der Waals surface area contributed by atoms with Gasteiger partial charge in [-0.2, -0.15) is 0 Å². The maximum absolute atomic E-state index is 12.4. The average Bonchev–Trinajstić information content (AvgIpc) is 2.18. The molecule has 0 aliphatic rings. The van der Waals surface area contributed by atoms with Crippen molar-refractivity contribution in [1.29, 1.82) is 0 Å². The van der Waals surface area contributed by atoms with Crippen LogP contribution in [0.3, 0.4) is 0 Å². The molecule has 50 valence electrons. The second-order valence-electron chi connectivity index (χ2n) is 1.67. The fourth-order valence-electron chi connectivity index (χ4n) is 0.605. The summed E-state index contributed by atoms with van der Waals surface area (Å²) in [5.41, 5.74) is 0. The number of thiophene rings is 1. The van der Waals surface area contributed by atoms with Gasteiger partial charge in [-0.05, 0) is 11.4 Å². The highest BCUT2D eigenvalue weighted by molar-refractivity contribution is 7.09. The first-order chi connectivity index (χ1) is 4.34. The predicted octanol–water partition coefficient (Wildman–Crippen LogP) is 1.42. The van der Waals surface area contributed by atoms with Gasteiger partial charge in [-0.25, -0.2) is 4.39 Å². The highest BCUT2D eigenvalue weighted by Crippen LogP contribution is 2.14. The molecule has 1 aromatic rings. The van der Waals surface area contributed by atoms with Gasteiger partial charge in [-0.3, -0.25) is 0 Å². The molecule has 0 fully saturated rings. The maximum Gasteiger partial charge on any atom is 0.137 e. The Morgan fingerprint density at radius 1 is 1.67 bits per heavy atom. The Balaban J connectivity index is 2.69. The SMILES string of the molecule is OCCc1sccc1F. The van der Waals surface area contributed by atoms with Gasteiger partial charge in [0.2, 0.25) is 0 Å². The Bertz CT molecular complexity index is 185. The molecule has 1 aromatic heterocycles. The van der Waals surface area contributed by atoms with Gasteiger partial charge >= 0.3 is 0 Å². The fraction of sp³-hybridized carbons (Fsp3) is 0.333. The van der Waals surface area contributed by atoms with Crippen LogP contribution in [-0.2, 0) is 6.42 Å². The molecule has 1 nitrogen and oxygen atoms in total. The quantitative estimate of drug-likeness (QED) is 0.669. The van der Waals surface area contributed by atoms with Crippen molar-refractivity contribution in [2.24, 2.45) is 0 Å². The first kappa shape index (κ1) is 6.71. The van der Waals surface area contributed by atoms with E-state index in [0.717, 1.165) is 0 Å². The molecule has 0 radical (unpaired) electrons. The van der Waals surface area contributed by atoms with Gasteiger partial charge in [-0.1, -0.05) is 0 Å². The third-order valence-corrected chi connectivity index (χ3v) is 1.99. The first-order valence-corrected chi connectivity index (χ1v) is 3.55. The summed E-state index contributed by atoms with van der Waals surface area (Å²) >= 11 is 1.34. The van der Waals surface area contributed by atoms with Crippen molar-refractivity contribution in [3.63, 3.8) is 0 Å². The lowest BCUT2D eigenvalue weighted by molar-refractivity contribution is 0.299. The van der Waals surface area contributed by atoms with Crippen LogP contribution in [0.25, 0.3) is 0 Å². The highest BCUT2D eigenvalue weighted by atomic mass is 32.1. The molecule has 3 heteroatoms. The molecule has 1 heterocycles. The van der Waals surface area contributed by atoms with Crippen molar-refractivity contribution in [3.8, 4) is 0 Å². The van der Waals surface area contributed by atoms with Crippen molar-refractivity contribution >= 4 is 11.3 Å². The van der Waals surface area contributed by atoms with Crippen molar-refractivity contribution in [1.82, 2.24) is 0 Å². The third-order valence-electron chi connectivity index (χ3n) is 1.03. The average molecular weight is 146 g/mol. The number of hydrogen-bond acceptors (Lipinski definition) is 2. The van der Waals surface area contributed by atoms with E-state index in [4.69, 9.17) is 5.11 Å². The van der Waals surface area contributed by atoms with Crippen LogP contribution in [-0.4, -0.2) is 11.7 Å². The molecule has 0 spiro atoms. The zero-order valence-corrected chi connectivity index (χ0v) is 5.62. The number of hydrogen-bond donors (Lipinski definition) is 1. The van der Waals surface area contributed by atoms with E-state index in [2.05, 4.69) is 0 Å². The molecule has 1 N–H and O–H groups in total. The molecule has 0 aliphatic carbocycles. The van der Waals surface area contributed by atoms with Crippen LogP contribution in [0.2, 0.25) is 0 Å². The zero-order valence-electron chi connectivity index (χ0n) is 4.80. The number of aliphatic hydroxyl groups is 1. The molecule has 0 aromatic carbocycles. The number of aliphatic hydroxyl groups excluding tert-OH is 1. The summed E-state index contributed by atoms with van der Waals surface area (Å²) in [4.78, 5) is 0.637. The Kier molecular flexibility index (Phi) is 2.19. The zero-order chi connectivity index (χ0) is 6.69. The first-order valence-electron chi connectivity index (χ1n) is 2.67. The van der Waals surface area contributed by atoms with Crippen LogP contribution in [0.1, 0.15) is 4.88 Å². The lowest BCUT2D eigenvalue weighted by Crippen LogP contribution is -1.88. The van der Waals surface area contributed by atoms with E-state index in [9.17, 15) is 4.39 Å². The van der Waals surface area contributed by atoms with Crippen LogP contribution >= 0.6 is 11.3 Å². The molecule has 0 aliphatic heterocycles. The molecular formula is C6H7FOS. The molecule has 1 rings (SSSR count). The summed E-state index contributed by atoms with van der Waals surface area (Å²) < 4.78 is 12.4. The Morgan fingerprint density at radius 3 is 2.89 bits per heavy atom. The number of rotatable bonds is 2. The van der Waals surface area contributed by atoms with Gasteiger partial charge < -0.3 is 5.11 Å². The lowest BCUT2D eigenvalue weighted by Gasteiger charge is -1.88.